The van der Waals surface area contributed by atoms with Crippen molar-refractivity contribution in [2.24, 2.45) is 5.34 Å². The van der Waals surface area contributed by atoms with Gasteiger partial charge < -0.3 is 10.6 Å². The predicted octanol–water partition coefficient (Wildman–Crippen LogP) is 16.4. The molecular formula is C47H43Cl2IN2O2S2. The third-order valence-electron chi connectivity index (χ3n) is 9.02. The Morgan fingerprint density at radius 1 is 0.571 bits per heavy atom. The van der Waals surface area contributed by atoms with E-state index in [9.17, 15) is 4.91 Å². The number of rotatable bonds is 5. The number of nitrogens with two attached hydrogens (primary N) is 1. The van der Waals surface area contributed by atoms with Gasteiger partial charge in [0.05, 0.1) is 0 Å². The second-order valence-electron chi connectivity index (χ2n) is 13.6. The third-order valence-corrected chi connectivity index (χ3v) is 12.2. The van der Waals surface area contributed by atoms with Gasteiger partial charge in [0.15, 0.2) is 5.34 Å². The highest BCUT2D eigenvalue weighted by molar-refractivity contribution is 14.1. The van der Waals surface area contributed by atoms with Crippen LogP contribution in [0.1, 0.15) is 28.2 Å². The quantitative estimate of drug-likeness (QED) is 0.0465. The molecule has 0 bridgehead atoms. The van der Waals surface area contributed by atoms with Gasteiger partial charge in [-0.2, -0.15) is 0 Å². The van der Waals surface area contributed by atoms with Crippen molar-refractivity contribution in [1.29, 1.82) is 0 Å². The minimum atomic E-state index is -0.429. The van der Waals surface area contributed by atoms with Crippen molar-refractivity contribution >= 4 is 118 Å². The first kappa shape index (κ1) is 43.1. The Kier molecular flexibility index (Phi) is 14.6. The molecule has 8 rings (SSSR count). The minimum absolute atomic E-state index is 0. The standard InChI is InChI=1S/C21H14ClIS.C21H16ClNS.C4H9NO2.CH4/c2*1-24-19-11-10-13(22)12-18(19)20-16-8-4-2-6-14(16)15-7-3-5-9-17(15)21(20)23;1-4(2,3)7-5-6;/h2-12H,1H3;2-12H,23H2,1H3;1-3H3;1H4. The first-order valence-corrected chi connectivity index (χ1v) is 21.7. The molecule has 0 unspecified atom stereocenters. The molecule has 0 aliphatic carbocycles. The molecule has 8 aromatic carbocycles. The van der Waals surface area contributed by atoms with Crippen LogP contribution in [0.2, 0.25) is 10.0 Å². The van der Waals surface area contributed by atoms with E-state index in [0.29, 0.717) is 0 Å². The SMILES string of the molecule is C.CC(C)(C)ON=O.CSc1ccc(Cl)cc1-c1c(I)c2ccccc2c2ccccc12.CSc1ccc(Cl)cc1-c1c(N)c2ccccc2c2ccccc12. The molecule has 56 heavy (non-hydrogen) atoms. The number of nitrogen functional groups attached to an aromatic ring is 1. The number of anilines is 1. The maximum Gasteiger partial charge on any atom is 0.155 e. The number of benzene rings is 8. The van der Waals surface area contributed by atoms with Crippen molar-refractivity contribution in [2.45, 2.75) is 43.6 Å². The van der Waals surface area contributed by atoms with E-state index in [-0.39, 0.29) is 7.43 Å². The Bertz CT molecular complexity index is 2510. The van der Waals surface area contributed by atoms with Crippen molar-refractivity contribution in [3.05, 3.63) is 152 Å². The van der Waals surface area contributed by atoms with E-state index in [0.717, 1.165) is 37.6 Å². The van der Waals surface area contributed by atoms with E-state index < -0.39 is 5.60 Å². The molecule has 0 heterocycles. The zero-order valence-electron chi connectivity index (χ0n) is 31.0. The molecule has 286 valence electrons. The van der Waals surface area contributed by atoms with Gasteiger partial charge in [-0.05, 0) is 141 Å². The molecule has 0 atom stereocenters. The fourth-order valence-corrected chi connectivity index (χ4v) is 9.25. The largest absolute Gasteiger partial charge is 0.398 e. The summed E-state index contributed by atoms with van der Waals surface area (Å²) in [5.41, 5.74) is 11.7. The van der Waals surface area contributed by atoms with Gasteiger partial charge in [-0.25, -0.2) is 0 Å². The van der Waals surface area contributed by atoms with Gasteiger partial charge in [0.25, 0.3) is 0 Å². The van der Waals surface area contributed by atoms with Crippen LogP contribution in [-0.2, 0) is 4.84 Å². The summed E-state index contributed by atoms with van der Waals surface area (Å²) in [6.07, 6.45) is 4.19. The summed E-state index contributed by atoms with van der Waals surface area (Å²) >= 11 is 18.6. The topological polar surface area (TPSA) is 64.7 Å². The normalized spacial score (nSPS) is 11.0. The minimum Gasteiger partial charge on any atom is -0.398 e. The predicted molar refractivity (Wildman–Crippen MR) is 258 cm³/mol. The average Bonchev–Trinajstić information content (AvgIpc) is 3.18. The third kappa shape index (κ3) is 9.24. The molecule has 0 aromatic heterocycles. The van der Waals surface area contributed by atoms with E-state index in [1.165, 1.54) is 56.8 Å². The Labute approximate surface area is 361 Å². The van der Waals surface area contributed by atoms with Crippen LogP contribution in [0, 0.1) is 8.48 Å². The summed E-state index contributed by atoms with van der Waals surface area (Å²) in [4.78, 5) is 16.1. The second kappa shape index (κ2) is 19.0. The number of fused-ring (bicyclic) bond motifs is 6. The fourth-order valence-electron chi connectivity index (χ4n) is 6.68. The molecule has 0 fully saturated rings. The van der Waals surface area contributed by atoms with Crippen LogP contribution in [0.25, 0.3) is 65.3 Å². The monoisotopic (exact) mass is 928 g/mol. The summed E-state index contributed by atoms with van der Waals surface area (Å²) in [5, 5.41) is 13.5. The molecule has 8 aromatic rings. The van der Waals surface area contributed by atoms with Crippen molar-refractivity contribution < 1.29 is 4.84 Å². The summed E-state index contributed by atoms with van der Waals surface area (Å²) in [5.74, 6) is 0. The van der Waals surface area contributed by atoms with Crippen molar-refractivity contribution in [3.63, 3.8) is 0 Å². The van der Waals surface area contributed by atoms with Crippen molar-refractivity contribution in [1.82, 2.24) is 0 Å². The van der Waals surface area contributed by atoms with Crippen molar-refractivity contribution in [3.8, 4) is 22.3 Å². The summed E-state index contributed by atoms with van der Waals surface area (Å²) in [6, 6.07) is 46.2. The number of nitrogens with zero attached hydrogens (tertiary/aromatic N) is 1. The van der Waals surface area contributed by atoms with Crippen molar-refractivity contribution in [2.75, 3.05) is 18.2 Å². The number of halogens is 3. The zero-order valence-corrected chi connectivity index (χ0v) is 36.3. The summed E-state index contributed by atoms with van der Waals surface area (Å²) < 4.78 is 1.28. The molecular weight excluding hydrogens is 886 g/mol. The van der Waals surface area contributed by atoms with Gasteiger partial charge in [0.1, 0.15) is 5.60 Å². The van der Waals surface area contributed by atoms with Crippen LogP contribution in [0.4, 0.5) is 5.69 Å². The zero-order chi connectivity index (χ0) is 39.3. The van der Waals surface area contributed by atoms with E-state index in [2.05, 4.69) is 154 Å². The smallest absolute Gasteiger partial charge is 0.155 e. The lowest BCUT2D eigenvalue weighted by molar-refractivity contribution is -0.00230. The van der Waals surface area contributed by atoms with Gasteiger partial charge in [0, 0.05) is 45.6 Å². The molecule has 0 radical (unpaired) electrons. The Hall–Kier alpha value is -3.99. The van der Waals surface area contributed by atoms with Crippen LogP contribution in [0.5, 0.6) is 0 Å². The molecule has 0 spiro atoms. The van der Waals surface area contributed by atoms with Crippen LogP contribution in [0.3, 0.4) is 0 Å². The van der Waals surface area contributed by atoms with Gasteiger partial charge in [0.2, 0.25) is 0 Å². The highest BCUT2D eigenvalue weighted by atomic mass is 127. The van der Waals surface area contributed by atoms with Gasteiger partial charge in [-0.3, -0.25) is 0 Å². The van der Waals surface area contributed by atoms with Crippen LogP contribution in [0.15, 0.2) is 149 Å². The number of hydrogen-bond donors (Lipinski definition) is 1. The Balaban J connectivity index is 0.000000181. The van der Waals surface area contributed by atoms with Crippen LogP contribution >= 0.6 is 69.3 Å². The summed E-state index contributed by atoms with van der Waals surface area (Å²) in [6.45, 7) is 5.28. The molecule has 0 aliphatic rings. The fraction of sp³-hybridized carbons (Fsp3) is 0.149. The maximum absolute atomic E-state index is 9.35. The molecule has 9 heteroatoms. The molecule has 0 amide bonds. The van der Waals surface area contributed by atoms with E-state index in [1.54, 1.807) is 44.3 Å². The molecule has 0 saturated heterocycles. The van der Waals surface area contributed by atoms with E-state index >= 15 is 0 Å². The second-order valence-corrected chi connectivity index (χ2v) is 17.3. The van der Waals surface area contributed by atoms with Gasteiger partial charge in [-0.15, -0.1) is 28.4 Å². The number of hydrogen-bond acceptors (Lipinski definition) is 6. The molecule has 0 saturated carbocycles. The lowest BCUT2D eigenvalue weighted by Gasteiger charge is -2.17. The Morgan fingerprint density at radius 3 is 1.34 bits per heavy atom. The lowest BCUT2D eigenvalue weighted by atomic mass is 9.91. The first-order chi connectivity index (χ1) is 26.5. The van der Waals surface area contributed by atoms with Gasteiger partial charge in [-0.1, -0.05) is 128 Å². The Morgan fingerprint density at radius 2 is 0.929 bits per heavy atom. The van der Waals surface area contributed by atoms with Crippen LogP contribution < -0.4 is 5.73 Å². The maximum atomic E-state index is 9.35. The van der Waals surface area contributed by atoms with Gasteiger partial charge >= 0.3 is 0 Å². The first-order valence-electron chi connectivity index (χ1n) is 17.4. The number of thioether (sulfide) groups is 2. The molecule has 0 aliphatic heterocycles. The molecule has 4 nitrogen and oxygen atoms in total. The molecule has 2 N–H and O–H groups in total. The van der Waals surface area contributed by atoms with E-state index in [4.69, 9.17) is 28.9 Å². The lowest BCUT2D eigenvalue weighted by Crippen LogP contribution is -2.14. The average molecular weight is 930 g/mol. The highest BCUT2D eigenvalue weighted by Gasteiger charge is 2.18. The van der Waals surface area contributed by atoms with Crippen LogP contribution in [-0.4, -0.2) is 18.1 Å². The van der Waals surface area contributed by atoms with E-state index in [1.807, 2.05) is 24.3 Å². The summed E-state index contributed by atoms with van der Waals surface area (Å²) in [7, 11) is 0. The highest BCUT2D eigenvalue weighted by Crippen LogP contribution is 2.45.